The molecule has 150 valence electrons. The molecule has 0 atom stereocenters. The van der Waals surface area contributed by atoms with Crippen LogP contribution < -0.4 is 10.0 Å². The molecule has 0 spiro atoms. The predicted octanol–water partition coefficient (Wildman–Crippen LogP) is 4.32. The molecule has 0 fully saturated rings. The molecule has 5 nitrogen and oxygen atoms in total. The Kier molecular flexibility index (Phi) is 6.95. The number of thioether (sulfide) groups is 1. The second-order valence-electron chi connectivity index (χ2n) is 6.38. The maximum atomic E-state index is 12.7. The van der Waals surface area contributed by atoms with Crippen molar-refractivity contribution in [3.05, 3.63) is 90.0 Å². The maximum absolute atomic E-state index is 12.7. The summed E-state index contributed by atoms with van der Waals surface area (Å²) in [6, 6.07) is 23.1. The molecular weight excluding hydrogens is 404 g/mol. The third-order valence-electron chi connectivity index (χ3n) is 4.15. The first-order chi connectivity index (χ1) is 14.0. The third kappa shape index (κ3) is 5.85. The third-order valence-corrected chi connectivity index (χ3v) is 6.54. The highest BCUT2D eigenvalue weighted by Crippen LogP contribution is 2.21. The number of rotatable bonds is 8. The van der Waals surface area contributed by atoms with Crippen molar-refractivity contribution in [2.24, 2.45) is 0 Å². The molecule has 0 aliphatic rings. The average Bonchev–Trinajstić information content (AvgIpc) is 2.72. The summed E-state index contributed by atoms with van der Waals surface area (Å²) in [6.07, 6.45) is 0. The van der Waals surface area contributed by atoms with Crippen LogP contribution in [0.5, 0.6) is 0 Å². The monoisotopic (exact) mass is 426 g/mol. The predicted molar refractivity (Wildman–Crippen MR) is 118 cm³/mol. The maximum Gasteiger partial charge on any atom is 0.261 e. The molecule has 0 unspecified atom stereocenters. The molecule has 0 saturated heterocycles. The van der Waals surface area contributed by atoms with E-state index in [-0.39, 0.29) is 22.1 Å². The van der Waals surface area contributed by atoms with Crippen LogP contribution in [0.1, 0.15) is 15.9 Å². The largest absolute Gasteiger partial charge is 0.351 e. The highest BCUT2D eigenvalue weighted by Gasteiger charge is 2.18. The van der Waals surface area contributed by atoms with Crippen LogP contribution in [0, 0.1) is 6.92 Å². The Morgan fingerprint density at radius 1 is 0.897 bits per heavy atom. The molecule has 3 rings (SSSR count). The minimum atomic E-state index is -3.78. The van der Waals surface area contributed by atoms with E-state index in [1.54, 1.807) is 60.3 Å². The van der Waals surface area contributed by atoms with Gasteiger partial charge >= 0.3 is 0 Å². The first kappa shape index (κ1) is 21.0. The zero-order valence-corrected chi connectivity index (χ0v) is 17.6. The summed E-state index contributed by atoms with van der Waals surface area (Å²) in [7, 11) is -3.78. The Morgan fingerprint density at radius 3 is 2.28 bits per heavy atom. The molecule has 0 aliphatic carbocycles. The number of benzene rings is 3. The molecule has 1 amide bonds. The summed E-state index contributed by atoms with van der Waals surface area (Å²) in [5, 5.41) is 2.85. The van der Waals surface area contributed by atoms with Crippen molar-refractivity contribution in [3.8, 4) is 0 Å². The van der Waals surface area contributed by atoms with Crippen LogP contribution in [0.4, 0.5) is 5.69 Å². The number of hydrogen-bond donors (Lipinski definition) is 2. The molecule has 3 aromatic carbocycles. The van der Waals surface area contributed by atoms with Crippen LogP contribution in [0.15, 0.2) is 88.7 Å². The number of hydrogen-bond acceptors (Lipinski definition) is 4. The summed E-state index contributed by atoms with van der Waals surface area (Å²) in [6.45, 7) is 2.36. The molecule has 2 N–H and O–H groups in total. The molecule has 0 saturated carbocycles. The van der Waals surface area contributed by atoms with Gasteiger partial charge in [-0.05, 0) is 43.3 Å². The van der Waals surface area contributed by atoms with Gasteiger partial charge in [0.25, 0.3) is 15.9 Å². The fourth-order valence-corrected chi connectivity index (χ4v) is 4.51. The fraction of sp³-hybridized carbons (Fsp3) is 0.136. The van der Waals surface area contributed by atoms with Crippen molar-refractivity contribution in [2.75, 3.05) is 17.0 Å². The minimum Gasteiger partial charge on any atom is -0.351 e. The smallest absolute Gasteiger partial charge is 0.261 e. The van der Waals surface area contributed by atoms with E-state index in [0.29, 0.717) is 12.3 Å². The van der Waals surface area contributed by atoms with Crippen molar-refractivity contribution in [3.63, 3.8) is 0 Å². The van der Waals surface area contributed by atoms with Crippen LogP contribution in [-0.2, 0) is 10.0 Å². The van der Waals surface area contributed by atoms with Gasteiger partial charge in [-0.25, -0.2) is 8.42 Å². The van der Waals surface area contributed by atoms with E-state index in [0.717, 1.165) is 10.5 Å². The SMILES string of the molecule is Cc1ccc(S(=O)(=O)Nc2ccccc2C(=O)NCCSc2ccccc2)cc1. The first-order valence-electron chi connectivity index (χ1n) is 9.10. The van der Waals surface area contributed by atoms with Crippen molar-refractivity contribution < 1.29 is 13.2 Å². The van der Waals surface area contributed by atoms with Gasteiger partial charge in [-0.2, -0.15) is 0 Å². The quantitative estimate of drug-likeness (QED) is 0.416. The van der Waals surface area contributed by atoms with E-state index < -0.39 is 10.0 Å². The molecule has 0 aliphatic heterocycles. The second kappa shape index (κ2) is 9.62. The molecule has 3 aromatic rings. The van der Waals surface area contributed by atoms with Gasteiger partial charge in [-0.1, -0.05) is 48.0 Å². The number of aryl methyl sites for hydroxylation is 1. The van der Waals surface area contributed by atoms with Crippen LogP contribution in [-0.4, -0.2) is 26.6 Å². The number of para-hydroxylation sites is 1. The van der Waals surface area contributed by atoms with Crippen molar-refractivity contribution in [1.29, 1.82) is 0 Å². The van der Waals surface area contributed by atoms with Gasteiger partial charge in [0, 0.05) is 17.2 Å². The summed E-state index contributed by atoms with van der Waals surface area (Å²) < 4.78 is 27.8. The second-order valence-corrected chi connectivity index (χ2v) is 9.23. The first-order valence-corrected chi connectivity index (χ1v) is 11.6. The van der Waals surface area contributed by atoms with Gasteiger partial charge in [0.1, 0.15) is 0 Å². The van der Waals surface area contributed by atoms with Crippen molar-refractivity contribution >= 4 is 33.4 Å². The number of carbonyl (C=O) groups is 1. The summed E-state index contributed by atoms with van der Waals surface area (Å²) in [5.74, 6) is 0.397. The lowest BCUT2D eigenvalue weighted by Gasteiger charge is -2.13. The number of carbonyl (C=O) groups excluding carboxylic acids is 1. The Bertz CT molecular complexity index is 1070. The number of amides is 1. The van der Waals surface area contributed by atoms with Gasteiger partial charge < -0.3 is 5.32 Å². The summed E-state index contributed by atoms with van der Waals surface area (Å²) >= 11 is 1.64. The molecule has 0 aromatic heterocycles. The van der Waals surface area contributed by atoms with E-state index in [4.69, 9.17) is 0 Å². The summed E-state index contributed by atoms with van der Waals surface area (Å²) in [5.41, 5.74) is 1.51. The van der Waals surface area contributed by atoms with Gasteiger partial charge in [0.05, 0.1) is 16.1 Å². The number of nitrogens with one attached hydrogen (secondary N) is 2. The van der Waals surface area contributed by atoms with E-state index in [1.807, 2.05) is 37.3 Å². The van der Waals surface area contributed by atoms with Crippen molar-refractivity contribution in [1.82, 2.24) is 5.32 Å². The van der Waals surface area contributed by atoms with Gasteiger partial charge in [-0.3, -0.25) is 9.52 Å². The Morgan fingerprint density at radius 2 is 1.55 bits per heavy atom. The van der Waals surface area contributed by atoms with Crippen LogP contribution in [0.3, 0.4) is 0 Å². The van der Waals surface area contributed by atoms with Crippen LogP contribution in [0.2, 0.25) is 0 Å². The molecule has 0 bridgehead atoms. The average molecular weight is 427 g/mol. The lowest BCUT2D eigenvalue weighted by atomic mass is 10.2. The molecule has 29 heavy (non-hydrogen) atoms. The highest BCUT2D eigenvalue weighted by atomic mass is 32.2. The molecular formula is C22H22N2O3S2. The zero-order chi connectivity index (χ0) is 20.7. The zero-order valence-electron chi connectivity index (χ0n) is 16.0. The number of anilines is 1. The van der Waals surface area contributed by atoms with E-state index in [9.17, 15) is 13.2 Å². The topological polar surface area (TPSA) is 75.3 Å². The standard InChI is InChI=1S/C22H22N2O3S2/c1-17-11-13-19(14-12-17)29(26,27)24-21-10-6-5-9-20(21)22(25)23-15-16-28-18-7-3-2-4-8-18/h2-14,24H,15-16H2,1H3,(H,23,25). The highest BCUT2D eigenvalue weighted by molar-refractivity contribution is 7.99. The molecule has 0 radical (unpaired) electrons. The van der Waals surface area contributed by atoms with E-state index in [2.05, 4.69) is 10.0 Å². The Labute approximate surface area is 175 Å². The van der Waals surface area contributed by atoms with Gasteiger partial charge in [0.2, 0.25) is 0 Å². The van der Waals surface area contributed by atoms with Crippen molar-refractivity contribution in [2.45, 2.75) is 16.7 Å². The summed E-state index contributed by atoms with van der Waals surface area (Å²) in [4.78, 5) is 13.9. The Hall–Kier alpha value is -2.77. The minimum absolute atomic E-state index is 0.151. The molecule has 0 heterocycles. The number of sulfonamides is 1. The van der Waals surface area contributed by atoms with Gasteiger partial charge in [0.15, 0.2) is 0 Å². The van der Waals surface area contributed by atoms with E-state index >= 15 is 0 Å². The van der Waals surface area contributed by atoms with Crippen LogP contribution in [0.25, 0.3) is 0 Å². The van der Waals surface area contributed by atoms with E-state index in [1.165, 1.54) is 0 Å². The fourth-order valence-electron chi connectivity index (χ4n) is 2.64. The molecule has 7 heteroatoms. The Balaban J connectivity index is 1.65. The normalized spacial score (nSPS) is 11.1. The van der Waals surface area contributed by atoms with Crippen LogP contribution >= 0.6 is 11.8 Å². The lowest BCUT2D eigenvalue weighted by Crippen LogP contribution is -2.27. The van der Waals surface area contributed by atoms with Gasteiger partial charge in [-0.15, -0.1) is 11.8 Å². The lowest BCUT2D eigenvalue weighted by molar-refractivity contribution is 0.0957.